The third-order valence-electron chi connectivity index (χ3n) is 6.37. The molecule has 6 heteroatoms. The van der Waals surface area contributed by atoms with Crippen molar-refractivity contribution in [2.24, 2.45) is 5.92 Å². The van der Waals surface area contributed by atoms with E-state index in [0.717, 1.165) is 69.5 Å². The predicted octanol–water partition coefficient (Wildman–Crippen LogP) is 3.71. The van der Waals surface area contributed by atoms with Crippen LogP contribution in [0.2, 0.25) is 0 Å². The fourth-order valence-corrected chi connectivity index (χ4v) is 4.81. The molecule has 2 saturated heterocycles. The van der Waals surface area contributed by atoms with E-state index < -0.39 is 0 Å². The lowest BCUT2D eigenvalue weighted by Gasteiger charge is -2.27. The van der Waals surface area contributed by atoms with Crippen LogP contribution in [0.5, 0.6) is 0 Å². The largest absolute Gasteiger partial charge is 0.380 e. The van der Waals surface area contributed by atoms with Crippen molar-refractivity contribution in [2.75, 3.05) is 44.3 Å². The molecule has 5 rings (SSSR count). The Morgan fingerprint density at radius 2 is 1.84 bits per heavy atom. The van der Waals surface area contributed by atoms with Crippen molar-refractivity contribution in [2.45, 2.75) is 32.2 Å². The number of para-hydroxylation sites is 1. The quantitative estimate of drug-likeness (QED) is 0.631. The molecule has 0 aliphatic carbocycles. The lowest BCUT2D eigenvalue weighted by atomic mass is 9.97. The first-order valence-corrected chi connectivity index (χ1v) is 11.5. The van der Waals surface area contributed by atoms with Gasteiger partial charge in [0.15, 0.2) is 0 Å². The van der Waals surface area contributed by atoms with E-state index in [1.807, 2.05) is 18.5 Å². The Bertz CT molecular complexity index is 999. The third-order valence-corrected chi connectivity index (χ3v) is 6.37. The highest BCUT2D eigenvalue weighted by Crippen LogP contribution is 2.22. The van der Waals surface area contributed by atoms with Crippen LogP contribution in [0.25, 0.3) is 10.9 Å². The molecule has 0 bridgehead atoms. The molecular formula is C25H31N5O. The number of ether oxygens (including phenoxy) is 1. The van der Waals surface area contributed by atoms with Crippen molar-refractivity contribution >= 4 is 16.9 Å². The maximum absolute atomic E-state index is 5.98. The highest BCUT2D eigenvalue weighted by molar-refractivity contribution is 5.81. The first-order chi connectivity index (χ1) is 15.3. The molecule has 0 saturated carbocycles. The van der Waals surface area contributed by atoms with Crippen LogP contribution in [0.1, 0.15) is 30.5 Å². The number of hydrogen-bond donors (Lipinski definition) is 0. The van der Waals surface area contributed by atoms with Crippen molar-refractivity contribution < 1.29 is 4.74 Å². The van der Waals surface area contributed by atoms with Gasteiger partial charge in [-0.25, -0.2) is 9.97 Å². The summed E-state index contributed by atoms with van der Waals surface area (Å²) < 4.78 is 5.98. The van der Waals surface area contributed by atoms with Gasteiger partial charge in [0.1, 0.15) is 0 Å². The highest BCUT2D eigenvalue weighted by atomic mass is 16.5. The van der Waals surface area contributed by atoms with Crippen molar-refractivity contribution in [3.8, 4) is 0 Å². The molecule has 0 spiro atoms. The molecule has 1 unspecified atom stereocenters. The molecule has 0 radical (unpaired) electrons. The molecule has 2 aliphatic heterocycles. The van der Waals surface area contributed by atoms with E-state index in [2.05, 4.69) is 50.1 Å². The third kappa shape index (κ3) is 5.02. The summed E-state index contributed by atoms with van der Waals surface area (Å²) in [7, 11) is 0. The van der Waals surface area contributed by atoms with E-state index in [4.69, 9.17) is 9.72 Å². The van der Waals surface area contributed by atoms with Crippen LogP contribution in [-0.4, -0.2) is 59.2 Å². The number of benzene rings is 1. The Morgan fingerprint density at radius 1 is 0.935 bits per heavy atom. The van der Waals surface area contributed by atoms with E-state index in [9.17, 15) is 0 Å². The second-order valence-corrected chi connectivity index (χ2v) is 8.77. The second kappa shape index (κ2) is 9.71. The molecule has 0 amide bonds. The van der Waals surface area contributed by atoms with Gasteiger partial charge in [-0.15, -0.1) is 0 Å². The summed E-state index contributed by atoms with van der Waals surface area (Å²) in [5.41, 5.74) is 3.52. The molecule has 1 atom stereocenters. The normalized spacial score (nSPS) is 20.6. The van der Waals surface area contributed by atoms with Gasteiger partial charge in [0.05, 0.1) is 24.4 Å². The van der Waals surface area contributed by atoms with Gasteiger partial charge in [-0.3, -0.25) is 9.88 Å². The summed E-state index contributed by atoms with van der Waals surface area (Å²) in [6.07, 6.45) is 8.57. The monoisotopic (exact) mass is 417 g/mol. The summed E-state index contributed by atoms with van der Waals surface area (Å²) in [5, 5.41) is 1.21. The lowest BCUT2D eigenvalue weighted by molar-refractivity contribution is 0.122. The maximum Gasteiger partial charge on any atom is 0.225 e. The number of anilines is 1. The first kappa shape index (κ1) is 20.3. The van der Waals surface area contributed by atoms with Gasteiger partial charge in [0, 0.05) is 50.5 Å². The standard InChI is InChI=1S/C25H31N5O/c1-2-12-30(13-3-1)25-27-11-9-23(28-25)18-29-14-15-31-19-20(17-29)16-22-7-4-6-21-8-5-10-26-24(21)22/h4-11,20H,1-3,12-19H2. The summed E-state index contributed by atoms with van der Waals surface area (Å²) in [6.45, 7) is 6.50. The Kier molecular flexibility index (Phi) is 6.37. The summed E-state index contributed by atoms with van der Waals surface area (Å²) in [6, 6.07) is 12.7. The molecule has 1 aromatic carbocycles. The topological polar surface area (TPSA) is 54.4 Å². The average Bonchev–Trinajstić information content (AvgIpc) is 3.05. The number of rotatable bonds is 5. The first-order valence-electron chi connectivity index (χ1n) is 11.5. The molecule has 4 heterocycles. The van der Waals surface area contributed by atoms with Crippen molar-refractivity contribution in [3.05, 3.63) is 60.0 Å². The number of pyridine rings is 1. The van der Waals surface area contributed by atoms with E-state index in [1.54, 1.807) is 0 Å². The van der Waals surface area contributed by atoms with Crippen LogP contribution in [0.4, 0.5) is 5.95 Å². The minimum Gasteiger partial charge on any atom is -0.380 e. The van der Waals surface area contributed by atoms with Crippen LogP contribution >= 0.6 is 0 Å². The SMILES string of the molecule is c1cnc2c(CC3COCCN(Cc4ccnc(N5CCCCC5)n4)C3)cccc2c1. The van der Waals surface area contributed by atoms with Gasteiger partial charge in [-0.2, -0.15) is 0 Å². The van der Waals surface area contributed by atoms with E-state index in [1.165, 1.54) is 30.2 Å². The smallest absolute Gasteiger partial charge is 0.225 e. The Labute approximate surface area is 184 Å². The molecular weight excluding hydrogens is 386 g/mol. The van der Waals surface area contributed by atoms with Crippen LogP contribution in [0.3, 0.4) is 0 Å². The number of hydrogen-bond acceptors (Lipinski definition) is 6. The molecule has 6 nitrogen and oxygen atoms in total. The van der Waals surface area contributed by atoms with E-state index in [-0.39, 0.29) is 0 Å². The molecule has 31 heavy (non-hydrogen) atoms. The Morgan fingerprint density at radius 3 is 2.77 bits per heavy atom. The lowest BCUT2D eigenvalue weighted by Crippen LogP contribution is -2.33. The fourth-order valence-electron chi connectivity index (χ4n) is 4.81. The zero-order valence-electron chi connectivity index (χ0n) is 18.1. The average molecular weight is 418 g/mol. The molecule has 2 fully saturated rings. The minimum absolute atomic E-state index is 0.443. The number of piperidine rings is 1. The minimum atomic E-state index is 0.443. The molecule has 2 aromatic heterocycles. The van der Waals surface area contributed by atoms with Crippen molar-refractivity contribution in [1.82, 2.24) is 19.9 Å². The zero-order valence-corrected chi connectivity index (χ0v) is 18.1. The van der Waals surface area contributed by atoms with Gasteiger partial charge in [-0.05, 0) is 49.3 Å². The van der Waals surface area contributed by atoms with Crippen LogP contribution in [0, 0.1) is 5.92 Å². The molecule has 2 aliphatic rings. The van der Waals surface area contributed by atoms with E-state index in [0.29, 0.717) is 5.92 Å². The second-order valence-electron chi connectivity index (χ2n) is 8.77. The number of aromatic nitrogens is 3. The fraction of sp³-hybridized carbons (Fsp3) is 0.480. The van der Waals surface area contributed by atoms with Gasteiger partial charge in [-0.1, -0.05) is 24.3 Å². The Hall–Kier alpha value is -2.57. The van der Waals surface area contributed by atoms with Gasteiger partial charge in [0.2, 0.25) is 5.95 Å². The predicted molar refractivity (Wildman–Crippen MR) is 123 cm³/mol. The van der Waals surface area contributed by atoms with E-state index >= 15 is 0 Å². The summed E-state index contributed by atoms with van der Waals surface area (Å²) in [5.74, 6) is 1.33. The van der Waals surface area contributed by atoms with Crippen molar-refractivity contribution in [1.29, 1.82) is 0 Å². The number of fused-ring (bicyclic) bond motifs is 1. The number of nitrogens with zero attached hydrogens (tertiary/aromatic N) is 5. The zero-order chi connectivity index (χ0) is 20.9. The van der Waals surface area contributed by atoms with Crippen LogP contribution in [0.15, 0.2) is 48.8 Å². The molecule has 3 aromatic rings. The molecule has 0 N–H and O–H groups in total. The van der Waals surface area contributed by atoms with Crippen LogP contribution < -0.4 is 4.90 Å². The summed E-state index contributed by atoms with van der Waals surface area (Å²) in [4.78, 5) is 18.9. The molecule has 162 valence electrons. The van der Waals surface area contributed by atoms with Gasteiger partial charge in [0.25, 0.3) is 0 Å². The maximum atomic E-state index is 5.98. The van der Waals surface area contributed by atoms with Crippen LogP contribution in [-0.2, 0) is 17.7 Å². The summed E-state index contributed by atoms with van der Waals surface area (Å²) >= 11 is 0. The van der Waals surface area contributed by atoms with Crippen molar-refractivity contribution in [3.63, 3.8) is 0 Å². The van der Waals surface area contributed by atoms with Gasteiger partial charge < -0.3 is 9.64 Å². The highest BCUT2D eigenvalue weighted by Gasteiger charge is 2.21. The van der Waals surface area contributed by atoms with Gasteiger partial charge >= 0.3 is 0 Å². The Balaban J connectivity index is 1.27.